The van der Waals surface area contributed by atoms with Crippen molar-refractivity contribution < 1.29 is 9.47 Å². The molecule has 128 valence electrons. The van der Waals surface area contributed by atoms with Crippen LogP contribution < -0.4 is 9.47 Å². The van der Waals surface area contributed by atoms with Crippen LogP contribution in [-0.4, -0.2) is 0 Å². The van der Waals surface area contributed by atoms with Crippen molar-refractivity contribution >= 4 is 10.8 Å². The molecule has 0 unspecified atom stereocenters. The van der Waals surface area contributed by atoms with Crippen molar-refractivity contribution in [1.29, 1.82) is 0 Å². The van der Waals surface area contributed by atoms with Gasteiger partial charge < -0.3 is 9.47 Å². The van der Waals surface area contributed by atoms with Gasteiger partial charge in [-0.2, -0.15) is 0 Å². The van der Waals surface area contributed by atoms with Crippen molar-refractivity contribution in [3.05, 3.63) is 108 Å². The molecule has 0 N–H and O–H groups in total. The molecule has 0 saturated carbocycles. The first-order chi connectivity index (χ1) is 12.9. The van der Waals surface area contributed by atoms with Gasteiger partial charge in [0.05, 0.1) is 0 Å². The maximum atomic E-state index is 5.94. The lowest BCUT2D eigenvalue weighted by Crippen LogP contribution is -2.00. The lowest BCUT2D eigenvalue weighted by Gasteiger charge is -2.13. The molecule has 2 heteroatoms. The third-order valence-electron chi connectivity index (χ3n) is 4.38. The Balaban J connectivity index is 1.57. The van der Waals surface area contributed by atoms with Crippen molar-refractivity contribution in [2.75, 3.05) is 0 Å². The Labute approximate surface area is 153 Å². The maximum absolute atomic E-state index is 5.94. The summed E-state index contributed by atoms with van der Waals surface area (Å²) in [7, 11) is 0. The summed E-state index contributed by atoms with van der Waals surface area (Å²) in [5, 5.41) is 2.41. The van der Waals surface area contributed by atoms with E-state index in [4.69, 9.17) is 9.47 Å². The minimum absolute atomic E-state index is 0.546. The normalized spacial score (nSPS) is 10.6. The van der Waals surface area contributed by atoms with Crippen molar-refractivity contribution in [3.63, 3.8) is 0 Å². The van der Waals surface area contributed by atoms with Crippen molar-refractivity contribution in [1.82, 2.24) is 0 Å². The molecule has 4 aromatic rings. The second-order valence-corrected chi connectivity index (χ2v) is 6.13. The van der Waals surface area contributed by atoms with E-state index in [-0.39, 0.29) is 0 Å². The minimum Gasteiger partial charge on any atom is -0.489 e. The zero-order valence-corrected chi connectivity index (χ0v) is 14.5. The Morgan fingerprint density at radius 1 is 0.423 bits per heavy atom. The van der Waals surface area contributed by atoms with Gasteiger partial charge in [-0.15, -0.1) is 0 Å². The fourth-order valence-corrected chi connectivity index (χ4v) is 3.03. The largest absolute Gasteiger partial charge is 0.489 e. The molecule has 0 aliphatic rings. The van der Waals surface area contributed by atoms with Crippen LogP contribution in [0.3, 0.4) is 0 Å². The minimum atomic E-state index is 0.546. The van der Waals surface area contributed by atoms with Crippen LogP contribution in [0.25, 0.3) is 10.8 Å². The fraction of sp³-hybridized carbons (Fsp3) is 0.0833. The number of ether oxygens (including phenoxy) is 2. The van der Waals surface area contributed by atoms with E-state index in [1.54, 1.807) is 0 Å². The van der Waals surface area contributed by atoms with Crippen LogP contribution >= 0.6 is 0 Å². The predicted octanol–water partition coefficient (Wildman–Crippen LogP) is 6.00. The summed E-state index contributed by atoms with van der Waals surface area (Å²) in [5.74, 6) is 1.76. The van der Waals surface area contributed by atoms with Gasteiger partial charge >= 0.3 is 0 Å². The summed E-state index contributed by atoms with van der Waals surface area (Å²) in [6.07, 6.45) is 0. The Morgan fingerprint density at radius 3 is 1.23 bits per heavy atom. The molecule has 4 rings (SSSR count). The molecule has 0 atom stereocenters. The second kappa shape index (κ2) is 7.75. The molecular weight excluding hydrogens is 320 g/mol. The predicted molar refractivity (Wildman–Crippen MR) is 105 cm³/mol. The van der Waals surface area contributed by atoms with E-state index in [1.807, 2.05) is 60.7 Å². The molecule has 0 amide bonds. The van der Waals surface area contributed by atoms with Gasteiger partial charge in [-0.05, 0) is 46.2 Å². The van der Waals surface area contributed by atoms with E-state index < -0.39 is 0 Å². The molecule has 2 nitrogen and oxygen atoms in total. The summed E-state index contributed by atoms with van der Waals surface area (Å²) < 4.78 is 11.9. The Morgan fingerprint density at radius 2 is 0.808 bits per heavy atom. The number of rotatable bonds is 6. The number of hydrogen-bond acceptors (Lipinski definition) is 2. The van der Waals surface area contributed by atoms with E-state index in [2.05, 4.69) is 36.4 Å². The van der Waals surface area contributed by atoms with Crippen molar-refractivity contribution in [2.45, 2.75) is 13.2 Å². The van der Waals surface area contributed by atoms with E-state index >= 15 is 0 Å². The van der Waals surface area contributed by atoms with Gasteiger partial charge in [0.25, 0.3) is 0 Å². The molecule has 0 radical (unpaired) electrons. The van der Waals surface area contributed by atoms with Gasteiger partial charge in [-0.25, -0.2) is 0 Å². The summed E-state index contributed by atoms with van der Waals surface area (Å²) in [5.41, 5.74) is 2.35. The van der Waals surface area contributed by atoms with E-state index in [0.29, 0.717) is 13.2 Å². The molecule has 0 aliphatic heterocycles. The van der Waals surface area contributed by atoms with Crippen LogP contribution in [0.4, 0.5) is 0 Å². The summed E-state index contributed by atoms with van der Waals surface area (Å²) >= 11 is 0. The molecule has 0 spiro atoms. The maximum Gasteiger partial charge on any atom is 0.119 e. The first-order valence-electron chi connectivity index (χ1n) is 8.75. The molecule has 26 heavy (non-hydrogen) atoms. The standard InChI is InChI=1S/C24H20O2/c1-3-9-21(10-4-1)25-17-19-15-16-20(24-14-8-7-13-23(19)24)18-26-22-11-5-2-6-12-22/h1-16H,17-18H2. The number of fused-ring (bicyclic) bond motifs is 1. The Kier molecular flexibility index (Phi) is 4.83. The summed E-state index contributed by atoms with van der Waals surface area (Å²) in [6.45, 7) is 1.09. The Hall–Kier alpha value is -3.26. The molecule has 0 fully saturated rings. The average Bonchev–Trinajstić information content (AvgIpc) is 2.72. The van der Waals surface area contributed by atoms with E-state index in [1.165, 1.54) is 21.9 Å². The number of para-hydroxylation sites is 2. The quantitative estimate of drug-likeness (QED) is 0.429. The number of hydrogen-bond donors (Lipinski definition) is 0. The van der Waals surface area contributed by atoms with Crippen LogP contribution in [0, 0.1) is 0 Å². The smallest absolute Gasteiger partial charge is 0.119 e. The van der Waals surface area contributed by atoms with E-state index in [0.717, 1.165) is 11.5 Å². The van der Waals surface area contributed by atoms with Gasteiger partial charge in [0.15, 0.2) is 0 Å². The molecule has 0 saturated heterocycles. The highest BCUT2D eigenvalue weighted by Crippen LogP contribution is 2.25. The number of benzene rings is 4. The monoisotopic (exact) mass is 340 g/mol. The molecule has 0 aliphatic carbocycles. The lowest BCUT2D eigenvalue weighted by molar-refractivity contribution is 0.305. The fourth-order valence-electron chi connectivity index (χ4n) is 3.03. The van der Waals surface area contributed by atoms with Gasteiger partial charge in [0, 0.05) is 0 Å². The lowest BCUT2D eigenvalue weighted by atomic mass is 10.0. The van der Waals surface area contributed by atoms with Crippen LogP contribution in [-0.2, 0) is 13.2 Å². The Bertz CT molecular complexity index is 897. The highest BCUT2D eigenvalue weighted by atomic mass is 16.5. The average molecular weight is 340 g/mol. The van der Waals surface area contributed by atoms with Crippen LogP contribution in [0.15, 0.2) is 97.1 Å². The van der Waals surface area contributed by atoms with Crippen LogP contribution in [0.5, 0.6) is 11.5 Å². The summed E-state index contributed by atoms with van der Waals surface area (Å²) in [6, 6.07) is 32.5. The zero-order chi connectivity index (χ0) is 17.6. The van der Waals surface area contributed by atoms with Gasteiger partial charge in [0.2, 0.25) is 0 Å². The third kappa shape index (κ3) is 3.70. The topological polar surface area (TPSA) is 18.5 Å². The zero-order valence-electron chi connectivity index (χ0n) is 14.5. The van der Waals surface area contributed by atoms with E-state index in [9.17, 15) is 0 Å². The highest BCUT2D eigenvalue weighted by molar-refractivity contribution is 5.88. The molecule has 0 heterocycles. The van der Waals surface area contributed by atoms with Gasteiger partial charge in [-0.3, -0.25) is 0 Å². The van der Waals surface area contributed by atoms with Crippen molar-refractivity contribution in [3.8, 4) is 11.5 Å². The summed E-state index contributed by atoms with van der Waals surface area (Å²) in [4.78, 5) is 0. The van der Waals surface area contributed by atoms with Crippen LogP contribution in [0.2, 0.25) is 0 Å². The van der Waals surface area contributed by atoms with Gasteiger partial charge in [0.1, 0.15) is 24.7 Å². The molecular formula is C24H20O2. The van der Waals surface area contributed by atoms with Gasteiger partial charge in [-0.1, -0.05) is 72.8 Å². The first kappa shape index (κ1) is 16.2. The molecule has 4 aromatic carbocycles. The second-order valence-electron chi connectivity index (χ2n) is 6.13. The molecule has 0 aromatic heterocycles. The van der Waals surface area contributed by atoms with Crippen molar-refractivity contribution in [2.24, 2.45) is 0 Å². The van der Waals surface area contributed by atoms with Crippen LogP contribution in [0.1, 0.15) is 11.1 Å². The highest BCUT2D eigenvalue weighted by Gasteiger charge is 2.07. The first-order valence-corrected chi connectivity index (χ1v) is 8.75. The third-order valence-corrected chi connectivity index (χ3v) is 4.38. The SMILES string of the molecule is c1ccc(OCc2ccc(COc3ccccc3)c3ccccc23)cc1. The molecule has 0 bridgehead atoms.